The predicted octanol–water partition coefficient (Wildman–Crippen LogP) is 7.80. The van der Waals surface area contributed by atoms with E-state index in [4.69, 9.17) is 20.9 Å². The van der Waals surface area contributed by atoms with Gasteiger partial charge >= 0.3 is 0 Å². The van der Waals surface area contributed by atoms with Gasteiger partial charge in [0.25, 0.3) is 0 Å². The number of rotatable bonds is 4. The van der Waals surface area contributed by atoms with Gasteiger partial charge in [-0.1, -0.05) is 72.2 Å². The first-order valence-electron chi connectivity index (χ1n) is 13.7. The van der Waals surface area contributed by atoms with Crippen LogP contribution in [0.5, 0.6) is 34.5 Å². The Hall–Kier alpha value is -6.50. The number of nitrogen functional groups attached to an aromatic ring is 2. The summed E-state index contributed by atoms with van der Waals surface area (Å²) in [7, 11) is 0. The Bertz CT molecular complexity index is 2120. The van der Waals surface area contributed by atoms with Crippen LogP contribution in [0.3, 0.4) is 0 Å². The Morgan fingerprint density at radius 2 is 1.07 bits per heavy atom. The van der Waals surface area contributed by atoms with Crippen LogP contribution in [-0.4, -0.2) is 10.2 Å². The number of hydrogen-bond acceptors (Lipinski definition) is 6. The molecule has 6 rings (SSSR count). The third kappa shape index (κ3) is 6.06. The number of benzene rings is 6. The molecule has 0 aliphatic carbocycles. The Balaban J connectivity index is 1.61. The molecule has 6 N–H and O–H groups in total. The lowest BCUT2D eigenvalue weighted by Gasteiger charge is -2.16. The Morgan fingerprint density at radius 1 is 0.500 bits per heavy atom. The number of ether oxygens (including phenoxy) is 2. The van der Waals surface area contributed by atoms with Gasteiger partial charge < -0.3 is 31.2 Å². The van der Waals surface area contributed by atoms with Crippen LogP contribution in [0.25, 0.3) is 10.8 Å². The van der Waals surface area contributed by atoms with E-state index in [1.165, 1.54) is 12.1 Å². The molecule has 0 saturated heterocycles. The average Bonchev–Trinajstić information content (AvgIpc) is 3.04. The van der Waals surface area contributed by atoms with E-state index in [1.807, 2.05) is 84.9 Å². The highest BCUT2D eigenvalue weighted by molar-refractivity contribution is 5.97. The van der Waals surface area contributed by atoms with E-state index >= 15 is 0 Å². The molecule has 0 spiro atoms. The number of hydrogen-bond donors (Lipinski definition) is 4. The minimum Gasteiger partial charge on any atom is -0.506 e. The third-order valence-electron chi connectivity index (χ3n) is 6.76. The second-order valence-corrected chi connectivity index (χ2v) is 9.86. The largest absolute Gasteiger partial charge is 0.506 e. The van der Waals surface area contributed by atoms with Crippen molar-refractivity contribution >= 4 is 22.1 Å². The van der Waals surface area contributed by atoms with Crippen molar-refractivity contribution in [2.45, 2.75) is 0 Å². The molecule has 0 amide bonds. The predicted molar refractivity (Wildman–Crippen MR) is 174 cm³/mol. The van der Waals surface area contributed by atoms with E-state index in [-0.39, 0.29) is 22.9 Å². The monoisotopic (exact) mass is 574 g/mol. The summed E-state index contributed by atoms with van der Waals surface area (Å²) in [6, 6.07) is 36.2. The normalized spacial score (nSPS) is 10.3. The van der Waals surface area contributed by atoms with Crippen LogP contribution in [-0.2, 0) is 0 Å². The molecule has 0 atom stereocenters. The van der Waals surface area contributed by atoms with Crippen LogP contribution in [0.15, 0.2) is 121 Å². The number of nitrogens with two attached hydrogens (primary N) is 2. The quantitative estimate of drug-likeness (QED) is 0.0971. The molecule has 44 heavy (non-hydrogen) atoms. The molecule has 6 aromatic rings. The Labute approximate surface area is 254 Å². The molecule has 0 aromatic heterocycles. The van der Waals surface area contributed by atoms with Crippen LogP contribution in [0, 0.1) is 23.7 Å². The highest BCUT2D eigenvalue weighted by atomic mass is 16.5. The molecular weight excluding hydrogens is 548 g/mol. The van der Waals surface area contributed by atoms with Gasteiger partial charge in [-0.2, -0.15) is 0 Å². The number of fused-ring (bicyclic) bond motifs is 1. The number of phenols is 2. The van der Waals surface area contributed by atoms with E-state index in [2.05, 4.69) is 23.7 Å². The molecule has 0 heterocycles. The summed E-state index contributed by atoms with van der Waals surface area (Å²) < 4.78 is 12.8. The molecule has 0 radical (unpaired) electrons. The van der Waals surface area contributed by atoms with Crippen molar-refractivity contribution in [3.8, 4) is 58.2 Å². The average molecular weight is 575 g/mol. The van der Waals surface area contributed by atoms with Crippen molar-refractivity contribution < 1.29 is 19.7 Å². The van der Waals surface area contributed by atoms with E-state index in [9.17, 15) is 10.2 Å². The van der Waals surface area contributed by atoms with Gasteiger partial charge in [0, 0.05) is 39.6 Å². The summed E-state index contributed by atoms with van der Waals surface area (Å²) in [5, 5.41) is 21.3. The summed E-state index contributed by atoms with van der Waals surface area (Å²) in [5.74, 6) is 14.9. The molecule has 6 heteroatoms. The maximum absolute atomic E-state index is 10.0. The van der Waals surface area contributed by atoms with E-state index in [1.54, 1.807) is 24.3 Å². The summed E-state index contributed by atoms with van der Waals surface area (Å²) in [5.41, 5.74) is 15.2. The first-order valence-corrected chi connectivity index (χ1v) is 13.7. The molecule has 6 aromatic carbocycles. The molecule has 0 bridgehead atoms. The Morgan fingerprint density at radius 3 is 1.66 bits per heavy atom. The maximum atomic E-state index is 10.0. The van der Waals surface area contributed by atoms with Crippen molar-refractivity contribution in [1.82, 2.24) is 0 Å². The standard InChI is InChI=1S/C38H26N2O4/c39-33-23-28(17-20-35(33)41)43-37-13-7-12-31-32(37)22-27(16-14-25-8-3-1-4-9-25)30(19-15-26-10-5-2-6-11-26)38(31)44-29-18-21-36(42)34(40)24-29/h1-13,17-18,20-24,41-42H,39-40H2. The topological polar surface area (TPSA) is 111 Å². The first kappa shape index (κ1) is 27.7. The van der Waals surface area contributed by atoms with Gasteiger partial charge in [-0.15, -0.1) is 0 Å². The van der Waals surface area contributed by atoms with Crippen molar-refractivity contribution in [2.24, 2.45) is 0 Å². The molecular formula is C38H26N2O4. The number of phenolic OH excluding ortho intramolecular Hbond substituents is 2. The highest BCUT2D eigenvalue weighted by Gasteiger charge is 2.18. The van der Waals surface area contributed by atoms with E-state index < -0.39 is 0 Å². The molecule has 0 fully saturated rings. The fraction of sp³-hybridized carbons (Fsp3) is 0. The van der Waals surface area contributed by atoms with Crippen LogP contribution in [0.4, 0.5) is 11.4 Å². The van der Waals surface area contributed by atoms with Gasteiger partial charge in [0.2, 0.25) is 0 Å². The summed E-state index contributed by atoms with van der Waals surface area (Å²) in [6.45, 7) is 0. The van der Waals surface area contributed by atoms with Gasteiger partial charge in [-0.3, -0.25) is 0 Å². The molecule has 0 aliphatic rings. The van der Waals surface area contributed by atoms with Crippen LogP contribution < -0.4 is 20.9 Å². The van der Waals surface area contributed by atoms with Gasteiger partial charge in [0.1, 0.15) is 28.7 Å². The lowest BCUT2D eigenvalue weighted by Crippen LogP contribution is -1.97. The fourth-order valence-electron chi connectivity index (χ4n) is 4.54. The van der Waals surface area contributed by atoms with Crippen LogP contribution >= 0.6 is 0 Å². The zero-order chi connectivity index (χ0) is 30.5. The second kappa shape index (κ2) is 12.2. The smallest absolute Gasteiger partial charge is 0.152 e. The molecule has 0 saturated carbocycles. The lowest BCUT2D eigenvalue weighted by atomic mass is 9.98. The third-order valence-corrected chi connectivity index (χ3v) is 6.76. The molecule has 0 unspecified atom stereocenters. The minimum atomic E-state index is -0.0439. The van der Waals surface area contributed by atoms with Gasteiger partial charge in [-0.05, 0) is 60.7 Å². The number of anilines is 2. The fourth-order valence-corrected chi connectivity index (χ4v) is 4.54. The van der Waals surface area contributed by atoms with Crippen LogP contribution in [0.1, 0.15) is 22.3 Å². The zero-order valence-electron chi connectivity index (χ0n) is 23.4. The zero-order valence-corrected chi connectivity index (χ0v) is 23.4. The first-order chi connectivity index (χ1) is 21.4. The van der Waals surface area contributed by atoms with Crippen molar-refractivity contribution in [2.75, 3.05) is 11.5 Å². The number of aromatic hydroxyl groups is 2. The van der Waals surface area contributed by atoms with Crippen molar-refractivity contribution in [3.05, 3.63) is 144 Å². The van der Waals surface area contributed by atoms with Gasteiger partial charge in [0.15, 0.2) is 5.75 Å². The van der Waals surface area contributed by atoms with E-state index in [0.717, 1.165) is 11.1 Å². The SMILES string of the molecule is Nc1cc(Oc2cccc3c(Oc4ccc(O)c(N)c4)c(C#Cc4ccccc4)c(C#Cc4ccccc4)cc23)ccc1O. The van der Waals surface area contributed by atoms with Crippen molar-refractivity contribution in [3.63, 3.8) is 0 Å². The molecule has 0 aliphatic heterocycles. The van der Waals surface area contributed by atoms with E-state index in [0.29, 0.717) is 44.9 Å². The summed E-state index contributed by atoms with van der Waals surface area (Å²) in [4.78, 5) is 0. The van der Waals surface area contributed by atoms with Gasteiger partial charge in [0.05, 0.1) is 16.9 Å². The van der Waals surface area contributed by atoms with Crippen LogP contribution in [0.2, 0.25) is 0 Å². The minimum absolute atomic E-state index is 0.0285. The maximum Gasteiger partial charge on any atom is 0.152 e. The molecule has 212 valence electrons. The lowest BCUT2D eigenvalue weighted by molar-refractivity contribution is 0.466. The summed E-state index contributed by atoms with van der Waals surface area (Å²) >= 11 is 0. The Kier molecular flexibility index (Phi) is 7.65. The second-order valence-electron chi connectivity index (χ2n) is 9.86. The van der Waals surface area contributed by atoms with Gasteiger partial charge in [-0.25, -0.2) is 0 Å². The van der Waals surface area contributed by atoms with Crippen molar-refractivity contribution in [1.29, 1.82) is 0 Å². The highest BCUT2D eigenvalue weighted by Crippen LogP contribution is 2.42. The summed E-state index contributed by atoms with van der Waals surface area (Å²) in [6.07, 6.45) is 0. The molecule has 6 nitrogen and oxygen atoms in total.